The van der Waals surface area contributed by atoms with Gasteiger partial charge in [0.05, 0.1) is 35.6 Å². The van der Waals surface area contributed by atoms with Gasteiger partial charge < -0.3 is 14.4 Å². The predicted octanol–water partition coefficient (Wildman–Crippen LogP) is 3.38. The number of carbonyl (C=O) groups excluding carboxylic acids is 1. The molecule has 3 heterocycles. The molecule has 0 N–H and O–H groups in total. The van der Waals surface area contributed by atoms with E-state index in [1.807, 2.05) is 20.9 Å². The molecule has 7 heteroatoms. The summed E-state index contributed by atoms with van der Waals surface area (Å²) in [6.07, 6.45) is 9.34. The first-order valence-corrected chi connectivity index (χ1v) is 10.5. The summed E-state index contributed by atoms with van der Waals surface area (Å²) in [5, 5.41) is 5.47. The van der Waals surface area contributed by atoms with E-state index in [0.717, 1.165) is 48.3 Å². The highest BCUT2D eigenvalue weighted by atomic mass is 16.5. The van der Waals surface area contributed by atoms with Crippen molar-refractivity contribution in [3.8, 4) is 0 Å². The van der Waals surface area contributed by atoms with Crippen molar-refractivity contribution in [2.24, 2.45) is 7.05 Å². The number of nitrogens with zero attached hydrogens (tertiary/aromatic N) is 4. The summed E-state index contributed by atoms with van der Waals surface area (Å²) >= 11 is 0. The zero-order valence-corrected chi connectivity index (χ0v) is 17.1. The molecule has 7 nitrogen and oxygen atoms in total. The molecule has 1 aliphatic carbocycles. The summed E-state index contributed by atoms with van der Waals surface area (Å²) < 4.78 is 13.4. The number of rotatable bonds is 5. The van der Waals surface area contributed by atoms with Crippen LogP contribution in [-0.4, -0.2) is 52.6 Å². The van der Waals surface area contributed by atoms with Gasteiger partial charge in [0.15, 0.2) is 5.65 Å². The molecular formula is C21H30N4O3. The van der Waals surface area contributed by atoms with Crippen LogP contribution in [-0.2, 0) is 16.5 Å². The topological polar surface area (TPSA) is 69.5 Å². The van der Waals surface area contributed by atoms with Crippen molar-refractivity contribution in [1.29, 1.82) is 0 Å². The van der Waals surface area contributed by atoms with Gasteiger partial charge in [0.25, 0.3) is 0 Å². The highest BCUT2D eigenvalue weighted by Gasteiger charge is 2.29. The molecule has 0 aromatic carbocycles. The van der Waals surface area contributed by atoms with Crippen LogP contribution in [0.4, 0.5) is 5.69 Å². The molecule has 0 radical (unpaired) electrons. The van der Waals surface area contributed by atoms with Gasteiger partial charge in [-0.15, -0.1) is 0 Å². The van der Waals surface area contributed by atoms with E-state index in [9.17, 15) is 4.79 Å². The first-order valence-electron chi connectivity index (χ1n) is 10.5. The molecule has 152 valence electrons. The molecular weight excluding hydrogens is 356 g/mol. The van der Waals surface area contributed by atoms with E-state index < -0.39 is 0 Å². The number of pyridine rings is 1. The number of ether oxygens (including phenoxy) is 2. The largest absolute Gasteiger partial charge is 0.462 e. The predicted molar refractivity (Wildman–Crippen MR) is 108 cm³/mol. The van der Waals surface area contributed by atoms with Gasteiger partial charge in [-0.25, -0.2) is 9.78 Å². The second-order valence-electron chi connectivity index (χ2n) is 7.88. The Bertz CT molecular complexity index is 849. The maximum absolute atomic E-state index is 12.6. The number of piperidine rings is 1. The third-order valence-electron chi connectivity index (χ3n) is 5.94. The fourth-order valence-corrected chi connectivity index (χ4v) is 4.59. The van der Waals surface area contributed by atoms with Crippen LogP contribution < -0.4 is 4.90 Å². The minimum Gasteiger partial charge on any atom is -0.462 e. The Morgan fingerprint density at radius 3 is 2.54 bits per heavy atom. The number of fused-ring (bicyclic) bond motifs is 1. The van der Waals surface area contributed by atoms with E-state index in [-0.39, 0.29) is 5.97 Å². The molecule has 28 heavy (non-hydrogen) atoms. The third kappa shape index (κ3) is 3.60. The minimum absolute atomic E-state index is 0.317. The van der Waals surface area contributed by atoms with Gasteiger partial charge in [-0.3, -0.25) is 4.68 Å². The van der Waals surface area contributed by atoms with Crippen molar-refractivity contribution < 1.29 is 14.3 Å². The normalized spacial score (nSPS) is 18.9. The van der Waals surface area contributed by atoms with E-state index in [0.29, 0.717) is 24.4 Å². The SMILES string of the molecule is CCOC(=O)c1cnc2c(c(C)nn2C)c1N1CCC(OC2CCCC2)CC1. The molecule has 2 aromatic heterocycles. The van der Waals surface area contributed by atoms with Crippen LogP contribution in [0.2, 0.25) is 0 Å². The Morgan fingerprint density at radius 2 is 1.86 bits per heavy atom. The molecule has 2 aromatic rings. The Hall–Kier alpha value is -2.15. The van der Waals surface area contributed by atoms with Crippen molar-refractivity contribution in [2.75, 3.05) is 24.6 Å². The average Bonchev–Trinajstić information content (AvgIpc) is 3.30. The van der Waals surface area contributed by atoms with E-state index >= 15 is 0 Å². The number of carbonyl (C=O) groups is 1. The highest BCUT2D eigenvalue weighted by Crippen LogP contribution is 2.35. The Balaban J connectivity index is 1.61. The van der Waals surface area contributed by atoms with Gasteiger partial charge in [-0.05, 0) is 39.5 Å². The zero-order chi connectivity index (χ0) is 19.7. The average molecular weight is 386 g/mol. The van der Waals surface area contributed by atoms with Crippen molar-refractivity contribution in [3.05, 3.63) is 17.5 Å². The molecule has 0 spiro atoms. The maximum atomic E-state index is 12.6. The lowest BCUT2D eigenvalue weighted by molar-refractivity contribution is -0.0194. The molecule has 0 bridgehead atoms. The van der Waals surface area contributed by atoms with Gasteiger partial charge in [0.2, 0.25) is 0 Å². The number of hydrogen-bond donors (Lipinski definition) is 0. The summed E-state index contributed by atoms with van der Waals surface area (Å²) in [5.74, 6) is -0.320. The summed E-state index contributed by atoms with van der Waals surface area (Å²) in [5.41, 5.74) is 3.12. The molecule has 1 saturated carbocycles. The van der Waals surface area contributed by atoms with Crippen LogP contribution in [0.3, 0.4) is 0 Å². The molecule has 0 atom stereocenters. The summed E-state index contributed by atoms with van der Waals surface area (Å²) in [7, 11) is 1.89. The van der Waals surface area contributed by atoms with Crippen LogP contribution in [0.15, 0.2) is 6.20 Å². The van der Waals surface area contributed by atoms with E-state index in [1.54, 1.807) is 10.9 Å². The standard InChI is InChI=1S/C21H30N4O3/c1-4-27-21(26)17-13-22-20-18(14(2)23-24(20)3)19(17)25-11-9-16(10-12-25)28-15-7-5-6-8-15/h13,15-16H,4-12H2,1-3H3. The van der Waals surface area contributed by atoms with E-state index in [4.69, 9.17) is 9.47 Å². The molecule has 1 saturated heterocycles. The number of aromatic nitrogens is 3. The van der Waals surface area contributed by atoms with Gasteiger partial charge in [-0.2, -0.15) is 5.10 Å². The van der Waals surface area contributed by atoms with Crippen molar-refractivity contribution in [1.82, 2.24) is 14.8 Å². The van der Waals surface area contributed by atoms with E-state index in [2.05, 4.69) is 15.0 Å². The minimum atomic E-state index is -0.320. The van der Waals surface area contributed by atoms with Crippen molar-refractivity contribution >= 4 is 22.7 Å². The lowest BCUT2D eigenvalue weighted by Gasteiger charge is -2.35. The van der Waals surface area contributed by atoms with E-state index in [1.165, 1.54) is 25.7 Å². The maximum Gasteiger partial charge on any atom is 0.341 e. The lowest BCUT2D eigenvalue weighted by Crippen LogP contribution is -2.39. The molecule has 2 fully saturated rings. The number of aryl methyl sites for hydroxylation is 2. The quantitative estimate of drug-likeness (QED) is 0.734. The monoisotopic (exact) mass is 386 g/mol. The Morgan fingerprint density at radius 1 is 1.18 bits per heavy atom. The number of hydrogen-bond acceptors (Lipinski definition) is 6. The molecule has 0 unspecified atom stereocenters. The molecule has 0 amide bonds. The van der Waals surface area contributed by atoms with Crippen LogP contribution in [0.25, 0.3) is 11.0 Å². The third-order valence-corrected chi connectivity index (χ3v) is 5.94. The highest BCUT2D eigenvalue weighted by molar-refractivity contribution is 6.05. The summed E-state index contributed by atoms with van der Waals surface area (Å²) in [6, 6.07) is 0. The fourth-order valence-electron chi connectivity index (χ4n) is 4.59. The molecule has 1 aliphatic heterocycles. The lowest BCUT2D eigenvalue weighted by atomic mass is 10.0. The van der Waals surface area contributed by atoms with Gasteiger partial charge in [-0.1, -0.05) is 12.8 Å². The van der Waals surface area contributed by atoms with Gasteiger partial charge >= 0.3 is 5.97 Å². The van der Waals surface area contributed by atoms with Crippen LogP contribution in [0.5, 0.6) is 0 Å². The molecule has 4 rings (SSSR count). The fraction of sp³-hybridized carbons (Fsp3) is 0.667. The Kier molecular flexibility index (Phi) is 5.53. The first kappa shape index (κ1) is 19.2. The smallest absolute Gasteiger partial charge is 0.341 e. The molecule has 2 aliphatic rings. The van der Waals surface area contributed by atoms with Crippen LogP contribution in [0.1, 0.15) is 61.5 Å². The first-order chi connectivity index (χ1) is 13.6. The van der Waals surface area contributed by atoms with Crippen LogP contribution in [0, 0.1) is 6.92 Å². The van der Waals surface area contributed by atoms with Crippen LogP contribution >= 0.6 is 0 Å². The second kappa shape index (κ2) is 8.07. The number of esters is 1. The summed E-state index contributed by atoms with van der Waals surface area (Å²) in [4.78, 5) is 19.4. The van der Waals surface area contributed by atoms with Gasteiger partial charge in [0, 0.05) is 26.3 Å². The summed E-state index contributed by atoms with van der Waals surface area (Å²) in [6.45, 7) is 5.86. The van der Waals surface area contributed by atoms with Crippen molar-refractivity contribution in [3.63, 3.8) is 0 Å². The number of anilines is 1. The Labute approximate surface area is 166 Å². The zero-order valence-electron chi connectivity index (χ0n) is 17.1. The second-order valence-corrected chi connectivity index (χ2v) is 7.88. The van der Waals surface area contributed by atoms with Crippen molar-refractivity contribution in [2.45, 2.75) is 64.6 Å². The van der Waals surface area contributed by atoms with Gasteiger partial charge in [0.1, 0.15) is 5.56 Å².